The molecule has 0 atom stereocenters. The molecule has 2 N–H and O–H groups in total. The van der Waals surface area contributed by atoms with E-state index in [1.807, 2.05) is 19.1 Å². The number of benzene rings is 1. The van der Waals surface area contributed by atoms with Gasteiger partial charge in [0.1, 0.15) is 5.75 Å². The van der Waals surface area contributed by atoms with Crippen LogP contribution < -0.4 is 4.74 Å². The first kappa shape index (κ1) is 11.0. The molecule has 1 aromatic carbocycles. The molecule has 0 unspecified atom stereocenters. The van der Waals surface area contributed by atoms with Crippen molar-refractivity contribution in [1.29, 1.82) is 0 Å². The molecular formula is C9H13BO4. The number of aryl methyl sites for hydroxylation is 1. The molecule has 0 fully saturated rings. The summed E-state index contributed by atoms with van der Waals surface area (Å²) in [5.74, 6) is 0.763. The van der Waals surface area contributed by atoms with Crippen LogP contribution in [0.5, 0.6) is 5.75 Å². The molecule has 0 amide bonds. The van der Waals surface area contributed by atoms with Crippen molar-refractivity contribution in [3.8, 4) is 5.75 Å². The highest BCUT2D eigenvalue weighted by Crippen LogP contribution is 2.19. The maximum atomic E-state index is 8.50. The topological polar surface area (TPSA) is 58.9 Å². The lowest BCUT2D eigenvalue weighted by molar-refractivity contribution is 0.176. The minimum atomic E-state index is -1.73. The summed E-state index contributed by atoms with van der Waals surface area (Å²) in [5.41, 5.74) is 1.86. The van der Waals surface area contributed by atoms with Crippen LogP contribution in [-0.2, 0) is 11.3 Å². The summed E-state index contributed by atoms with van der Waals surface area (Å²) in [6.45, 7) is 2.08. The van der Waals surface area contributed by atoms with E-state index >= 15 is 0 Å². The summed E-state index contributed by atoms with van der Waals surface area (Å²) in [6, 6.07) is 5.54. The van der Waals surface area contributed by atoms with Crippen molar-refractivity contribution in [3.63, 3.8) is 0 Å². The second kappa shape index (κ2) is 5.00. The van der Waals surface area contributed by atoms with E-state index in [2.05, 4.69) is 4.65 Å². The normalized spacial score (nSPS) is 10.0. The zero-order valence-corrected chi connectivity index (χ0v) is 8.23. The van der Waals surface area contributed by atoms with Crippen LogP contribution in [0.15, 0.2) is 18.2 Å². The third-order valence-corrected chi connectivity index (χ3v) is 1.87. The number of hydrogen-bond acceptors (Lipinski definition) is 4. The van der Waals surface area contributed by atoms with E-state index in [0.717, 1.165) is 16.9 Å². The quantitative estimate of drug-likeness (QED) is 0.688. The molecule has 0 heterocycles. The second-order valence-corrected chi connectivity index (χ2v) is 2.94. The molecule has 0 spiro atoms. The Kier molecular flexibility index (Phi) is 3.94. The molecule has 1 aromatic rings. The zero-order valence-electron chi connectivity index (χ0n) is 8.23. The summed E-state index contributed by atoms with van der Waals surface area (Å²) in [5, 5.41) is 17.0. The van der Waals surface area contributed by atoms with E-state index in [-0.39, 0.29) is 6.61 Å². The molecule has 0 radical (unpaired) electrons. The Balaban J connectivity index is 2.69. The Morgan fingerprint density at radius 2 is 2.07 bits per heavy atom. The monoisotopic (exact) mass is 196 g/mol. The first-order valence-electron chi connectivity index (χ1n) is 4.24. The van der Waals surface area contributed by atoms with Crippen LogP contribution >= 0.6 is 0 Å². The molecule has 0 aliphatic rings. The highest BCUT2D eigenvalue weighted by Gasteiger charge is 2.08. The van der Waals surface area contributed by atoms with Gasteiger partial charge in [-0.05, 0) is 24.1 Å². The molecule has 14 heavy (non-hydrogen) atoms. The predicted octanol–water partition coefficient (Wildman–Crippen LogP) is 0.490. The van der Waals surface area contributed by atoms with Crippen molar-refractivity contribution < 1.29 is 19.4 Å². The standard InChI is InChI=1S/C9H13BO4/c1-7-3-4-8(5-9(7)13-2)6-14-10(11)12/h3-5,11-12H,6H2,1-2H3. The van der Waals surface area contributed by atoms with Crippen LogP contribution in [-0.4, -0.2) is 24.5 Å². The maximum Gasteiger partial charge on any atom is 0.634 e. The first-order chi connectivity index (χ1) is 6.63. The fraction of sp³-hybridized carbons (Fsp3) is 0.333. The van der Waals surface area contributed by atoms with E-state index < -0.39 is 7.32 Å². The lowest BCUT2D eigenvalue weighted by Crippen LogP contribution is -2.16. The van der Waals surface area contributed by atoms with Gasteiger partial charge in [0.2, 0.25) is 0 Å². The van der Waals surface area contributed by atoms with Gasteiger partial charge in [0, 0.05) is 0 Å². The fourth-order valence-electron chi connectivity index (χ4n) is 1.12. The van der Waals surface area contributed by atoms with Gasteiger partial charge in [0.05, 0.1) is 13.7 Å². The van der Waals surface area contributed by atoms with Crippen molar-refractivity contribution in [1.82, 2.24) is 0 Å². The first-order valence-corrected chi connectivity index (χ1v) is 4.24. The third kappa shape index (κ3) is 3.03. The number of ether oxygens (including phenoxy) is 1. The van der Waals surface area contributed by atoms with Crippen molar-refractivity contribution >= 4 is 7.32 Å². The van der Waals surface area contributed by atoms with E-state index in [9.17, 15) is 0 Å². The van der Waals surface area contributed by atoms with E-state index in [0.29, 0.717) is 0 Å². The minimum Gasteiger partial charge on any atom is -0.496 e. The average molecular weight is 196 g/mol. The van der Waals surface area contributed by atoms with Gasteiger partial charge in [-0.3, -0.25) is 0 Å². The molecule has 4 nitrogen and oxygen atoms in total. The van der Waals surface area contributed by atoms with Gasteiger partial charge in [-0.1, -0.05) is 12.1 Å². The molecule has 0 saturated carbocycles. The molecule has 76 valence electrons. The highest BCUT2D eigenvalue weighted by molar-refractivity contribution is 6.32. The van der Waals surface area contributed by atoms with Gasteiger partial charge < -0.3 is 19.4 Å². The Hall–Kier alpha value is -1.04. The van der Waals surface area contributed by atoms with Gasteiger partial charge >= 0.3 is 7.32 Å². The maximum absolute atomic E-state index is 8.50. The summed E-state index contributed by atoms with van der Waals surface area (Å²) >= 11 is 0. The van der Waals surface area contributed by atoms with Gasteiger partial charge in [-0.2, -0.15) is 0 Å². The largest absolute Gasteiger partial charge is 0.634 e. The van der Waals surface area contributed by atoms with Gasteiger partial charge in [0.15, 0.2) is 0 Å². The lowest BCUT2D eigenvalue weighted by atomic mass is 10.1. The molecular weight excluding hydrogens is 183 g/mol. The van der Waals surface area contributed by atoms with E-state index in [1.165, 1.54) is 0 Å². The van der Waals surface area contributed by atoms with Crippen molar-refractivity contribution in [2.45, 2.75) is 13.5 Å². The molecule has 5 heteroatoms. The Labute approximate surface area is 83.3 Å². The van der Waals surface area contributed by atoms with Gasteiger partial charge in [0.25, 0.3) is 0 Å². The second-order valence-electron chi connectivity index (χ2n) is 2.94. The molecule has 0 aromatic heterocycles. The smallest absolute Gasteiger partial charge is 0.496 e. The third-order valence-electron chi connectivity index (χ3n) is 1.87. The number of methoxy groups -OCH3 is 1. The zero-order chi connectivity index (χ0) is 10.6. The molecule has 0 aliphatic heterocycles. The summed E-state index contributed by atoms with van der Waals surface area (Å²) < 4.78 is 9.73. The van der Waals surface area contributed by atoms with Crippen LogP contribution in [0.4, 0.5) is 0 Å². The summed E-state index contributed by atoms with van der Waals surface area (Å²) in [4.78, 5) is 0. The molecule has 0 bridgehead atoms. The van der Waals surface area contributed by atoms with Crippen LogP contribution in [0.1, 0.15) is 11.1 Å². The number of rotatable bonds is 4. The Morgan fingerprint density at radius 1 is 1.36 bits per heavy atom. The minimum absolute atomic E-state index is 0.147. The van der Waals surface area contributed by atoms with Crippen LogP contribution in [0.3, 0.4) is 0 Å². The summed E-state index contributed by atoms with van der Waals surface area (Å²) in [7, 11) is -0.143. The highest BCUT2D eigenvalue weighted by atomic mass is 16.6. The fourth-order valence-corrected chi connectivity index (χ4v) is 1.12. The average Bonchev–Trinajstić information content (AvgIpc) is 2.16. The van der Waals surface area contributed by atoms with Crippen LogP contribution in [0, 0.1) is 6.92 Å². The van der Waals surface area contributed by atoms with Crippen LogP contribution in [0.2, 0.25) is 0 Å². The lowest BCUT2D eigenvalue weighted by Gasteiger charge is -2.07. The number of hydrogen-bond donors (Lipinski definition) is 2. The Bertz CT molecular complexity index is 301. The molecule has 0 saturated heterocycles. The van der Waals surface area contributed by atoms with Crippen molar-refractivity contribution in [3.05, 3.63) is 29.3 Å². The SMILES string of the molecule is COc1cc(COB(O)O)ccc1C. The molecule has 0 aliphatic carbocycles. The summed E-state index contributed by atoms with van der Waals surface area (Å²) in [6.07, 6.45) is 0. The van der Waals surface area contributed by atoms with E-state index in [4.69, 9.17) is 14.8 Å². The van der Waals surface area contributed by atoms with Gasteiger partial charge in [-0.25, -0.2) is 0 Å². The van der Waals surface area contributed by atoms with Crippen molar-refractivity contribution in [2.24, 2.45) is 0 Å². The van der Waals surface area contributed by atoms with Gasteiger partial charge in [-0.15, -0.1) is 0 Å². The molecule has 1 rings (SSSR count). The van der Waals surface area contributed by atoms with E-state index in [1.54, 1.807) is 13.2 Å². The Morgan fingerprint density at radius 3 is 2.64 bits per heavy atom. The van der Waals surface area contributed by atoms with Crippen LogP contribution in [0.25, 0.3) is 0 Å². The van der Waals surface area contributed by atoms with Crippen molar-refractivity contribution in [2.75, 3.05) is 7.11 Å². The predicted molar refractivity (Wildman–Crippen MR) is 52.7 cm³/mol.